The van der Waals surface area contributed by atoms with E-state index in [0.717, 1.165) is 15.6 Å². The molecule has 0 bridgehead atoms. The van der Waals surface area contributed by atoms with E-state index >= 15 is 0 Å². The molecule has 0 saturated carbocycles. The minimum absolute atomic E-state index is 0.422. The van der Waals surface area contributed by atoms with Crippen molar-refractivity contribution in [1.29, 1.82) is 5.26 Å². The molecular formula is C20H17BrN2O3. The van der Waals surface area contributed by atoms with Gasteiger partial charge in [0.25, 0.3) is 5.91 Å². The quantitative estimate of drug-likeness (QED) is 0.588. The van der Waals surface area contributed by atoms with Crippen molar-refractivity contribution >= 4 is 39.6 Å². The highest BCUT2D eigenvalue weighted by atomic mass is 79.9. The zero-order valence-corrected chi connectivity index (χ0v) is 15.9. The molecule has 0 fully saturated rings. The van der Waals surface area contributed by atoms with Crippen LogP contribution in [-0.4, -0.2) is 18.0 Å². The molecular weight excluding hydrogens is 396 g/mol. The Bertz CT molecular complexity index is 883. The van der Waals surface area contributed by atoms with E-state index in [1.807, 2.05) is 25.1 Å². The Labute approximate surface area is 160 Å². The number of halogens is 1. The number of carbonyl (C=O) groups is 2. The van der Waals surface area contributed by atoms with Crippen molar-refractivity contribution in [3.05, 3.63) is 69.7 Å². The zero-order valence-electron chi connectivity index (χ0n) is 14.3. The maximum atomic E-state index is 12.2. The van der Waals surface area contributed by atoms with E-state index in [2.05, 4.69) is 21.2 Å². The third kappa shape index (κ3) is 5.57. The summed E-state index contributed by atoms with van der Waals surface area (Å²) in [5.41, 5.74) is 2.96. The third-order valence-corrected chi connectivity index (χ3v) is 4.15. The molecule has 0 saturated heterocycles. The highest BCUT2D eigenvalue weighted by molar-refractivity contribution is 9.10. The summed E-state index contributed by atoms with van der Waals surface area (Å²) in [4.78, 5) is 24.0. The summed E-state index contributed by atoms with van der Waals surface area (Å²) in [6.45, 7) is 3.45. The second kappa shape index (κ2) is 8.97. The van der Waals surface area contributed by atoms with Crippen LogP contribution in [0.3, 0.4) is 0 Å². The number of nitriles is 1. The van der Waals surface area contributed by atoms with Gasteiger partial charge in [0.2, 0.25) is 0 Å². The first-order valence-electron chi connectivity index (χ1n) is 7.85. The van der Waals surface area contributed by atoms with Gasteiger partial charge >= 0.3 is 5.97 Å². The van der Waals surface area contributed by atoms with Crippen LogP contribution >= 0.6 is 15.9 Å². The number of amides is 1. The first-order valence-corrected chi connectivity index (χ1v) is 8.64. The van der Waals surface area contributed by atoms with Crippen LogP contribution in [0, 0.1) is 18.3 Å². The summed E-state index contributed by atoms with van der Waals surface area (Å²) in [6.07, 6.45) is 1.86. The number of ether oxygens (including phenoxy) is 1. The molecule has 0 aromatic heterocycles. The van der Waals surface area contributed by atoms with Crippen LogP contribution in [0.2, 0.25) is 0 Å². The van der Waals surface area contributed by atoms with Crippen LogP contribution in [0.25, 0.3) is 6.08 Å². The van der Waals surface area contributed by atoms with E-state index < -0.39 is 18.0 Å². The molecule has 0 aliphatic heterocycles. The predicted molar refractivity (Wildman–Crippen MR) is 103 cm³/mol. The number of rotatable bonds is 5. The Balaban J connectivity index is 1.91. The van der Waals surface area contributed by atoms with E-state index in [4.69, 9.17) is 10.00 Å². The molecule has 1 N–H and O–H groups in total. The van der Waals surface area contributed by atoms with Crippen molar-refractivity contribution in [3.8, 4) is 6.07 Å². The fourth-order valence-electron chi connectivity index (χ4n) is 2.06. The zero-order chi connectivity index (χ0) is 19.1. The van der Waals surface area contributed by atoms with E-state index in [9.17, 15) is 9.59 Å². The number of nitrogens with one attached hydrogen (secondary N) is 1. The minimum atomic E-state index is -0.943. The van der Waals surface area contributed by atoms with Gasteiger partial charge in [-0.3, -0.25) is 4.79 Å². The molecule has 2 rings (SSSR count). The van der Waals surface area contributed by atoms with Crippen molar-refractivity contribution < 1.29 is 14.3 Å². The topological polar surface area (TPSA) is 79.2 Å². The molecule has 0 aliphatic rings. The van der Waals surface area contributed by atoms with E-state index in [-0.39, 0.29) is 0 Å². The molecule has 0 aliphatic carbocycles. The summed E-state index contributed by atoms with van der Waals surface area (Å²) in [7, 11) is 0. The summed E-state index contributed by atoms with van der Waals surface area (Å²) in [5.74, 6) is -1.05. The highest BCUT2D eigenvalue weighted by Crippen LogP contribution is 2.23. The standard InChI is InChI=1S/C20H17BrN2O3/c1-13-3-9-18(17(21)11-13)23-20(25)14(2)26-19(24)10-8-15-4-6-16(12-22)7-5-15/h3-11,14H,1-2H3,(H,23,25)/b10-8+/t14-/m0/s1. The third-order valence-electron chi connectivity index (χ3n) is 3.50. The van der Waals surface area contributed by atoms with Gasteiger partial charge in [-0.2, -0.15) is 5.26 Å². The summed E-state index contributed by atoms with van der Waals surface area (Å²) in [5, 5.41) is 11.5. The maximum Gasteiger partial charge on any atom is 0.331 e. The van der Waals surface area contributed by atoms with Crippen LogP contribution in [-0.2, 0) is 14.3 Å². The Morgan fingerprint density at radius 1 is 1.23 bits per heavy atom. The van der Waals surface area contributed by atoms with E-state index in [1.165, 1.54) is 13.0 Å². The van der Waals surface area contributed by atoms with E-state index in [0.29, 0.717) is 11.3 Å². The van der Waals surface area contributed by atoms with Crippen molar-refractivity contribution in [1.82, 2.24) is 0 Å². The molecule has 0 spiro atoms. The largest absolute Gasteiger partial charge is 0.449 e. The van der Waals surface area contributed by atoms with Gasteiger partial charge in [-0.05, 0) is 71.2 Å². The molecule has 6 heteroatoms. The Morgan fingerprint density at radius 2 is 1.92 bits per heavy atom. The number of benzene rings is 2. The molecule has 2 aromatic rings. The molecule has 1 amide bonds. The van der Waals surface area contributed by atoms with Crippen LogP contribution in [0.5, 0.6) is 0 Å². The Hall–Kier alpha value is -2.91. The van der Waals surface area contributed by atoms with E-state index in [1.54, 1.807) is 36.4 Å². The monoisotopic (exact) mass is 412 g/mol. The van der Waals surface area contributed by atoms with Crippen molar-refractivity contribution in [2.24, 2.45) is 0 Å². The second-order valence-electron chi connectivity index (χ2n) is 5.62. The summed E-state index contributed by atoms with van der Waals surface area (Å²) < 4.78 is 5.86. The van der Waals surface area contributed by atoms with Crippen LogP contribution in [0.15, 0.2) is 53.0 Å². The normalized spacial score (nSPS) is 11.6. The van der Waals surface area contributed by atoms with Gasteiger partial charge in [0.05, 0.1) is 17.3 Å². The lowest BCUT2D eigenvalue weighted by Crippen LogP contribution is -2.29. The Morgan fingerprint density at radius 3 is 2.54 bits per heavy atom. The van der Waals surface area contributed by atoms with Gasteiger partial charge in [-0.1, -0.05) is 18.2 Å². The molecule has 2 aromatic carbocycles. The average Bonchev–Trinajstić information content (AvgIpc) is 2.62. The van der Waals surface area contributed by atoms with Gasteiger partial charge in [-0.25, -0.2) is 4.79 Å². The highest BCUT2D eigenvalue weighted by Gasteiger charge is 2.17. The number of hydrogen-bond acceptors (Lipinski definition) is 4. The Kier molecular flexibility index (Phi) is 6.70. The molecule has 26 heavy (non-hydrogen) atoms. The molecule has 0 heterocycles. The molecule has 132 valence electrons. The summed E-state index contributed by atoms with van der Waals surface area (Å²) in [6, 6.07) is 14.3. The number of aryl methyl sites for hydroxylation is 1. The predicted octanol–water partition coefficient (Wildman–Crippen LogP) is 4.21. The lowest BCUT2D eigenvalue weighted by atomic mass is 10.1. The molecule has 0 unspecified atom stereocenters. The maximum absolute atomic E-state index is 12.2. The lowest BCUT2D eigenvalue weighted by Gasteiger charge is -2.13. The van der Waals surface area contributed by atoms with Crippen molar-refractivity contribution in [2.45, 2.75) is 20.0 Å². The van der Waals surface area contributed by atoms with Crippen LogP contribution in [0.1, 0.15) is 23.6 Å². The first kappa shape index (κ1) is 19.4. The van der Waals surface area contributed by atoms with Gasteiger partial charge < -0.3 is 10.1 Å². The van der Waals surface area contributed by atoms with Crippen molar-refractivity contribution in [3.63, 3.8) is 0 Å². The number of hydrogen-bond donors (Lipinski definition) is 1. The number of esters is 1. The van der Waals surface area contributed by atoms with Crippen molar-refractivity contribution in [2.75, 3.05) is 5.32 Å². The van der Waals surface area contributed by atoms with Gasteiger partial charge in [-0.15, -0.1) is 0 Å². The fraction of sp³-hybridized carbons (Fsp3) is 0.150. The van der Waals surface area contributed by atoms with Gasteiger partial charge in [0.1, 0.15) is 0 Å². The van der Waals surface area contributed by atoms with Crippen LogP contribution in [0.4, 0.5) is 5.69 Å². The smallest absolute Gasteiger partial charge is 0.331 e. The number of anilines is 1. The first-order chi connectivity index (χ1) is 12.4. The van der Waals surface area contributed by atoms with Gasteiger partial charge in [0.15, 0.2) is 6.10 Å². The average molecular weight is 413 g/mol. The summed E-state index contributed by atoms with van der Waals surface area (Å²) >= 11 is 3.38. The minimum Gasteiger partial charge on any atom is -0.449 e. The van der Waals surface area contributed by atoms with Crippen LogP contribution < -0.4 is 5.32 Å². The number of carbonyl (C=O) groups excluding carboxylic acids is 2. The SMILES string of the molecule is Cc1ccc(NC(=O)[C@H](C)OC(=O)/C=C/c2ccc(C#N)cc2)c(Br)c1. The molecule has 0 radical (unpaired) electrons. The molecule has 1 atom stereocenters. The molecule has 5 nitrogen and oxygen atoms in total. The lowest BCUT2D eigenvalue weighted by molar-refractivity contribution is -0.148. The van der Waals surface area contributed by atoms with Gasteiger partial charge in [0, 0.05) is 10.5 Å². The fourth-order valence-corrected chi connectivity index (χ4v) is 2.65. The number of nitrogens with zero attached hydrogens (tertiary/aromatic N) is 1. The second-order valence-corrected chi connectivity index (χ2v) is 6.47.